The number of benzene rings is 1. The van der Waals surface area contributed by atoms with Gasteiger partial charge < -0.3 is 24.4 Å². The van der Waals surface area contributed by atoms with E-state index < -0.39 is 23.5 Å². The average molecular weight is 541 g/mol. The second-order valence-electron chi connectivity index (χ2n) is 9.39. The number of piperidine rings is 1. The van der Waals surface area contributed by atoms with Crippen LogP contribution in [0.1, 0.15) is 40.6 Å². The number of aromatic nitrogens is 2. The maximum Gasteiger partial charge on any atom is 0.437 e. The van der Waals surface area contributed by atoms with Crippen LogP contribution in [0.3, 0.4) is 0 Å². The van der Waals surface area contributed by atoms with Gasteiger partial charge in [-0.3, -0.25) is 15.6 Å². The Morgan fingerprint density at radius 1 is 1.05 bits per heavy atom. The minimum atomic E-state index is -4.87. The van der Waals surface area contributed by atoms with Gasteiger partial charge in [0.15, 0.2) is 5.69 Å². The molecule has 2 fully saturated rings. The number of alkyl halides is 3. The average Bonchev–Trinajstić information content (AvgIpc) is 3.41. The lowest BCUT2D eigenvalue weighted by molar-refractivity contribution is -0.141. The minimum absolute atomic E-state index is 0.187. The van der Waals surface area contributed by atoms with Gasteiger partial charge in [-0.05, 0) is 36.5 Å². The van der Waals surface area contributed by atoms with Gasteiger partial charge in [0.25, 0.3) is 11.9 Å². The van der Waals surface area contributed by atoms with Crippen molar-refractivity contribution in [3.05, 3.63) is 65.7 Å². The number of carbonyl (C=O) groups is 1. The topological polar surface area (TPSA) is 125 Å². The van der Waals surface area contributed by atoms with Crippen molar-refractivity contribution in [3.63, 3.8) is 0 Å². The van der Waals surface area contributed by atoms with E-state index in [1.807, 2.05) is 35.2 Å². The Hall–Kier alpha value is -4.42. The highest BCUT2D eigenvalue weighted by Gasteiger charge is 2.42. The quantitative estimate of drug-likeness (QED) is 0.312. The molecule has 39 heavy (non-hydrogen) atoms. The number of hydrogen-bond donors (Lipinski definition) is 3. The van der Waals surface area contributed by atoms with Crippen molar-refractivity contribution < 1.29 is 22.4 Å². The molecule has 0 unspecified atom stereocenters. The number of anilines is 3. The van der Waals surface area contributed by atoms with Gasteiger partial charge >= 0.3 is 6.18 Å². The third-order valence-electron chi connectivity index (χ3n) is 6.91. The Morgan fingerprint density at radius 3 is 2.41 bits per heavy atom. The number of carbonyl (C=O) groups excluding carboxylic acids is 1. The monoisotopic (exact) mass is 540 g/mol. The third-order valence-corrected chi connectivity index (χ3v) is 6.91. The van der Waals surface area contributed by atoms with E-state index in [0.717, 1.165) is 19.2 Å². The number of pyridine rings is 1. The van der Waals surface area contributed by atoms with Crippen molar-refractivity contribution in [3.8, 4) is 0 Å². The molecule has 0 radical (unpaired) electrons. The van der Waals surface area contributed by atoms with E-state index in [1.54, 1.807) is 11.0 Å². The fraction of sp³-hybridized carbons (Fsp3) is 0.346. The number of nitrogens with one attached hydrogen (secondary N) is 3. The number of piperazine rings is 1. The smallest absolute Gasteiger partial charge is 0.417 e. The summed E-state index contributed by atoms with van der Waals surface area (Å²) < 4.78 is 46.8. The summed E-state index contributed by atoms with van der Waals surface area (Å²) in [4.78, 5) is 25.8. The predicted molar refractivity (Wildman–Crippen MR) is 140 cm³/mol. The van der Waals surface area contributed by atoms with Gasteiger partial charge in [0.05, 0.1) is 24.8 Å². The van der Waals surface area contributed by atoms with E-state index in [9.17, 15) is 18.0 Å². The number of amidine groups is 1. The van der Waals surface area contributed by atoms with Crippen LogP contribution in [0.2, 0.25) is 0 Å². The van der Waals surface area contributed by atoms with Crippen LogP contribution >= 0.6 is 0 Å². The number of nitrogens with zero attached hydrogens (tertiary/aromatic N) is 5. The molecule has 1 aromatic carbocycles. The molecule has 3 N–H and O–H groups in total. The van der Waals surface area contributed by atoms with Crippen molar-refractivity contribution >= 4 is 35.6 Å². The number of halogens is 3. The normalized spacial score (nSPS) is 16.9. The number of amides is 1. The molecule has 10 nitrogen and oxygen atoms in total. The summed E-state index contributed by atoms with van der Waals surface area (Å²) in [5.41, 5.74) is 0.00571. The van der Waals surface area contributed by atoms with E-state index >= 15 is 0 Å². The SMILES string of the molecule is N=CN1CCN(c2ccc(NC(=O)c3oc(N4CCC(c5ccccc5)CC4)nc3C(F)(F)F)cn2)CC1=N. The Bertz CT molecular complexity index is 1340. The summed E-state index contributed by atoms with van der Waals surface area (Å²) in [5, 5.41) is 17.7. The fourth-order valence-electron chi connectivity index (χ4n) is 4.81. The highest BCUT2D eigenvalue weighted by molar-refractivity contribution is 6.03. The van der Waals surface area contributed by atoms with Crippen LogP contribution in [0.5, 0.6) is 0 Å². The molecule has 0 atom stereocenters. The predicted octanol–water partition coefficient (Wildman–Crippen LogP) is 4.43. The summed E-state index contributed by atoms with van der Waals surface area (Å²) in [7, 11) is 0. The van der Waals surface area contributed by atoms with Crippen LogP contribution < -0.4 is 15.1 Å². The van der Waals surface area contributed by atoms with Gasteiger partial charge in [-0.2, -0.15) is 18.2 Å². The summed E-state index contributed by atoms with van der Waals surface area (Å²) in [5.74, 6) is -0.887. The molecule has 4 heterocycles. The number of hydrogen-bond acceptors (Lipinski definition) is 8. The third kappa shape index (κ3) is 5.71. The summed E-state index contributed by atoms with van der Waals surface area (Å²) >= 11 is 0. The van der Waals surface area contributed by atoms with Gasteiger partial charge in [-0.25, -0.2) is 4.98 Å². The van der Waals surface area contributed by atoms with Gasteiger partial charge in [0, 0.05) is 26.2 Å². The molecule has 2 aliphatic rings. The first-order valence-electron chi connectivity index (χ1n) is 12.5. The van der Waals surface area contributed by atoms with E-state index in [1.165, 1.54) is 22.7 Å². The maximum atomic E-state index is 13.8. The number of rotatable bonds is 6. The molecular weight excluding hydrogens is 513 g/mol. The summed E-state index contributed by atoms with van der Waals surface area (Å²) in [6.45, 7) is 2.16. The molecule has 3 aromatic rings. The maximum absolute atomic E-state index is 13.8. The first-order chi connectivity index (χ1) is 18.7. The molecule has 1 amide bonds. The van der Waals surface area contributed by atoms with Crippen LogP contribution in [0, 0.1) is 10.8 Å². The molecule has 2 saturated heterocycles. The van der Waals surface area contributed by atoms with Gasteiger partial charge in [0.1, 0.15) is 11.7 Å². The zero-order valence-electron chi connectivity index (χ0n) is 20.9. The highest BCUT2D eigenvalue weighted by Crippen LogP contribution is 2.36. The molecule has 0 aliphatic carbocycles. The van der Waals surface area contributed by atoms with Crippen LogP contribution in [-0.2, 0) is 6.18 Å². The Balaban J connectivity index is 1.27. The Morgan fingerprint density at radius 2 is 1.79 bits per heavy atom. The lowest BCUT2D eigenvalue weighted by Gasteiger charge is -2.34. The Labute approximate surface area is 222 Å². The lowest BCUT2D eigenvalue weighted by atomic mass is 9.90. The van der Waals surface area contributed by atoms with Crippen LogP contribution in [-0.4, -0.2) is 65.7 Å². The summed E-state index contributed by atoms with van der Waals surface area (Å²) in [6, 6.07) is 12.9. The standard InChI is InChI=1S/C26H27F3N8O2/c27-26(28,29)23-22(39-25(34-23)35-10-8-18(9-11-35)17-4-2-1-3-5-17)24(38)33-19-6-7-21(32-14-19)36-12-13-37(16-30)20(31)15-36/h1-7,14,16,18,30-31H,8-13,15H2,(H,33,38). The first-order valence-corrected chi connectivity index (χ1v) is 12.5. The van der Waals surface area contributed by atoms with Gasteiger partial charge in [-0.15, -0.1) is 0 Å². The second kappa shape index (κ2) is 10.8. The molecule has 2 aromatic heterocycles. The molecule has 0 spiro atoms. The molecule has 204 valence electrons. The van der Waals surface area contributed by atoms with E-state index in [4.69, 9.17) is 15.2 Å². The zero-order chi connectivity index (χ0) is 27.6. The highest BCUT2D eigenvalue weighted by atomic mass is 19.4. The van der Waals surface area contributed by atoms with Crippen molar-refractivity contribution in [2.75, 3.05) is 47.8 Å². The van der Waals surface area contributed by atoms with Crippen LogP contribution in [0.4, 0.5) is 30.7 Å². The molecule has 0 saturated carbocycles. The molecule has 5 rings (SSSR count). The van der Waals surface area contributed by atoms with Gasteiger partial charge in [-0.1, -0.05) is 30.3 Å². The number of oxazole rings is 1. The van der Waals surface area contributed by atoms with Crippen molar-refractivity contribution in [1.82, 2.24) is 14.9 Å². The molecular formula is C26H27F3N8O2. The van der Waals surface area contributed by atoms with Crippen molar-refractivity contribution in [2.45, 2.75) is 24.9 Å². The molecule has 0 bridgehead atoms. The molecule has 2 aliphatic heterocycles. The zero-order valence-corrected chi connectivity index (χ0v) is 20.9. The minimum Gasteiger partial charge on any atom is -0.417 e. The van der Waals surface area contributed by atoms with Crippen LogP contribution in [0.15, 0.2) is 53.1 Å². The fourth-order valence-corrected chi connectivity index (χ4v) is 4.81. The van der Waals surface area contributed by atoms with Gasteiger partial charge in [0.2, 0.25) is 5.76 Å². The van der Waals surface area contributed by atoms with E-state index in [2.05, 4.69) is 15.3 Å². The lowest BCUT2D eigenvalue weighted by Crippen LogP contribution is -2.49. The first kappa shape index (κ1) is 26.2. The second-order valence-corrected chi connectivity index (χ2v) is 9.39. The van der Waals surface area contributed by atoms with Crippen molar-refractivity contribution in [2.24, 2.45) is 0 Å². The van der Waals surface area contributed by atoms with E-state index in [0.29, 0.717) is 37.9 Å². The van der Waals surface area contributed by atoms with E-state index in [-0.39, 0.29) is 24.1 Å². The largest absolute Gasteiger partial charge is 0.437 e. The van der Waals surface area contributed by atoms with Crippen LogP contribution in [0.25, 0.3) is 0 Å². The summed E-state index contributed by atoms with van der Waals surface area (Å²) in [6.07, 6.45) is -0.990. The molecule has 13 heteroatoms. The van der Waals surface area contributed by atoms with Crippen molar-refractivity contribution in [1.29, 1.82) is 10.8 Å². The Kier molecular flexibility index (Phi) is 7.22.